The van der Waals surface area contributed by atoms with Crippen molar-refractivity contribution in [3.8, 4) is 17.6 Å². The van der Waals surface area contributed by atoms with Crippen molar-refractivity contribution in [1.29, 1.82) is 5.26 Å². The zero-order valence-corrected chi connectivity index (χ0v) is 14.4. The molecule has 0 unspecified atom stereocenters. The fourth-order valence-electron chi connectivity index (χ4n) is 3.02. The van der Waals surface area contributed by atoms with Crippen LogP contribution in [0.15, 0.2) is 18.2 Å². The number of likely N-dealkylation sites (N-methyl/N-ethyl adjacent to an activating group) is 1. The molecular formula is C17H21N3O5. The molecule has 0 atom stereocenters. The summed E-state index contributed by atoms with van der Waals surface area (Å²) in [5.74, 6) is -0.0658. The average Bonchev–Trinajstić information content (AvgIpc) is 2.65. The van der Waals surface area contributed by atoms with Gasteiger partial charge in [0.25, 0.3) is 5.91 Å². The molecule has 1 amide bonds. The van der Waals surface area contributed by atoms with Gasteiger partial charge in [-0.2, -0.15) is 5.26 Å². The van der Waals surface area contributed by atoms with Crippen LogP contribution in [0, 0.1) is 21.4 Å². The molecule has 1 aromatic rings. The van der Waals surface area contributed by atoms with E-state index in [9.17, 15) is 20.2 Å². The summed E-state index contributed by atoms with van der Waals surface area (Å²) in [6.07, 6.45) is 4.12. The Morgan fingerprint density at radius 1 is 1.40 bits per heavy atom. The molecule has 1 fully saturated rings. The van der Waals surface area contributed by atoms with Crippen molar-refractivity contribution < 1.29 is 19.2 Å². The number of carbonyl (C=O) groups is 1. The Balaban J connectivity index is 2.09. The normalized spacial score (nSPS) is 15.7. The van der Waals surface area contributed by atoms with E-state index in [1.807, 2.05) is 0 Å². The summed E-state index contributed by atoms with van der Waals surface area (Å²) in [6, 6.07) is 6.42. The molecule has 1 aromatic carbocycles. The maximum atomic E-state index is 12.4. The number of amides is 1. The molecule has 1 aliphatic carbocycles. The van der Waals surface area contributed by atoms with Gasteiger partial charge < -0.3 is 14.4 Å². The molecule has 25 heavy (non-hydrogen) atoms. The highest BCUT2D eigenvalue weighted by atomic mass is 16.6. The van der Waals surface area contributed by atoms with E-state index in [-0.39, 0.29) is 24.0 Å². The minimum Gasteiger partial charge on any atom is -0.496 e. The summed E-state index contributed by atoms with van der Waals surface area (Å²) in [7, 11) is 2.99. The smallest absolute Gasteiger partial charge is 0.314 e. The molecule has 0 bridgehead atoms. The number of hydrogen-bond acceptors (Lipinski definition) is 6. The highest BCUT2D eigenvalue weighted by Crippen LogP contribution is 2.33. The molecule has 0 aliphatic heterocycles. The molecule has 1 saturated carbocycles. The Labute approximate surface area is 146 Å². The van der Waals surface area contributed by atoms with Gasteiger partial charge >= 0.3 is 5.69 Å². The number of nitrogens with zero attached hydrogens (tertiary/aromatic N) is 3. The van der Waals surface area contributed by atoms with Crippen molar-refractivity contribution in [2.45, 2.75) is 37.6 Å². The second kappa shape index (κ2) is 7.83. The quantitative estimate of drug-likeness (QED) is 0.578. The fourth-order valence-corrected chi connectivity index (χ4v) is 3.02. The number of hydrogen-bond donors (Lipinski definition) is 0. The van der Waals surface area contributed by atoms with E-state index in [1.54, 1.807) is 7.05 Å². The molecule has 8 heteroatoms. The summed E-state index contributed by atoms with van der Waals surface area (Å²) >= 11 is 0. The van der Waals surface area contributed by atoms with Crippen LogP contribution in [0.5, 0.6) is 11.5 Å². The molecule has 0 heterocycles. The third kappa shape index (κ3) is 3.99. The van der Waals surface area contributed by atoms with Crippen molar-refractivity contribution >= 4 is 11.6 Å². The third-order valence-corrected chi connectivity index (χ3v) is 4.62. The molecule has 0 aromatic heterocycles. The first kappa shape index (κ1) is 18.5. The van der Waals surface area contributed by atoms with E-state index in [4.69, 9.17) is 9.47 Å². The Morgan fingerprint density at radius 2 is 2.08 bits per heavy atom. The van der Waals surface area contributed by atoms with Gasteiger partial charge in [0, 0.05) is 7.05 Å². The summed E-state index contributed by atoms with van der Waals surface area (Å²) in [6.45, 7) is -0.368. The summed E-state index contributed by atoms with van der Waals surface area (Å²) in [4.78, 5) is 24.4. The van der Waals surface area contributed by atoms with Crippen LogP contribution in [0.4, 0.5) is 5.69 Å². The predicted molar refractivity (Wildman–Crippen MR) is 89.3 cm³/mol. The molecule has 0 radical (unpaired) electrons. The van der Waals surface area contributed by atoms with Crippen LogP contribution in [0.1, 0.15) is 32.1 Å². The van der Waals surface area contributed by atoms with Crippen LogP contribution < -0.4 is 9.47 Å². The van der Waals surface area contributed by atoms with E-state index in [0.717, 1.165) is 19.3 Å². The van der Waals surface area contributed by atoms with Crippen LogP contribution in [0.2, 0.25) is 0 Å². The van der Waals surface area contributed by atoms with Crippen LogP contribution in [0.25, 0.3) is 0 Å². The van der Waals surface area contributed by atoms with E-state index in [1.165, 1.54) is 30.2 Å². The van der Waals surface area contributed by atoms with Crippen molar-refractivity contribution in [2.75, 3.05) is 20.8 Å². The molecule has 8 nitrogen and oxygen atoms in total. The zero-order valence-electron chi connectivity index (χ0n) is 14.4. The van der Waals surface area contributed by atoms with Crippen LogP contribution in [-0.4, -0.2) is 42.0 Å². The Hall–Kier alpha value is -2.82. The number of nitro groups is 1. The Bertz CT molecular complexity index is 692. The molecule has 0 N–H and O–H groups in total. The maximum absolute atomic E-state index is 12.4. The van der Waals surface area contributed by atoms with Crippen molar-refractivity contribution in [3.05, 3.63) is 28.3 Å². The number of rotatable bonds is 6. The van der Waals surface area contributed by atoms with Gasteiger partial charge in [0.05, 0.1) is 24.2 Å². The number of benzene rings is 1. The van der Waals surface area contributed by atoms with Gasteiger partial charge in [0.2, 0.25) is 0 Å². The number of methoxy groups -OCH3 is 1. The topological polar surface area (TPSA) is 106 Å². The Kier molecular flexibility index (Phi) is 5.80. The van der Waals surface area contributed by atoms with Gasteiger partial charge in [-0.05, 0) is 25.0 Å². The minimum absolute atomic E-state index is 0.0119. The van der Waals surface area contributed by atoms with Gasteiger partial charge in [0.15, 0.2) is 12.4 Å². The second-order valence-electron chi connectivity index (χ2n) is 6.04. The van der Waals surface area contributed by atoms with Gasteiger partial charge in [-0.1, -0.05) is 19.3 Å². The highest BCUT2D eigenvalue weighted by molar-refractivity contribution is 5.79. The SMILES string of the molecule is COc1ccc(OCC(=O)N(C)C2(C#N)CCCCC2)c([N+](=O)[O-])c1. The number of carbonyl (C=O) groups excluding carboxylic acids is 1. The second-order valence-corrected chi connectivity index (χ2v) is 6.04. The lowest BCUT2D eigenvalue weighted by Crippen LogP contribution is -2.51. The summed E-state index contributed by atoms with van der Waals surface area (Å²) in [5, 5.41) is 20.7. The van der Waals surface area contributed by atoms with E-state index >= 15 is 0 Å². The van der Waals surface area contributed by atoms with Gasteiger partial charge in [0.1, 0.15) is 11.3 Å². The first-order valence-electron chi connectivity index (χ1n) is 8.06. The van der Waals surface area contributed by atoms with Crippen LogP contribution in [-0.2, 0) is 4.79 Å². The van der Waals surface area contributed by atoms with Crippen LogP contribution in [0.3, 0.4) is 0 Å². The minimum atomic E-state index is -0.815. The molecule has 134 valence electrons. The maximum Gasteiger partial charge on any atom is 0.314 e. The highest BCUT2D eigenvalue weighted by Gasteiger charge is 2.39. The first-order chi connectivity index (χ1) is 11.9. The molecule has 2 rings (SSSR count). The Morgan fingerprint density at radius 3 is 2.64 bits per heavy atom. The average molecular weight is 347 g/mol. The van der Waals surface area contributed by atoms with E-state index in [0.29, 0.717) is 18.6 Å². The lowest BCUT2D eigenvalue weighted by molar-refractivity contribution is -0.385. The standard InChI is InChI=1S/C17H21N3O5/c1-19(17(12-18)8-4-3-5-9-17)16(21)11-25-15-7-6-13(24-2)10-14(15)20(22)23/h6-7,10H,3-5,8-9,11H2,1-2H3. The number of nitriles is 1. The van der Waals surface area contributed by atoms with Gasteiger partial charge in [-0.3, -0.25) is 14.9 Å². The molecule has 0 spiro atoms. The number of ether oxygens (including phenoxy) is 2. The fraction of sp³-hybridized carbons (Fsp3) is 0.529. The van der Waals surface area contributed by atoms with E-state index in [2.05, 4.69) is 6.07 Å². The molecule has 0 saturated heterocycles. The largest absolute Gasteiger partial charge is 0.496 e. The monoisotopic (exact) mass is 347 g/mol. The van der Waals surface area contributed by atoms with Gasteiger partial charge in [-0.15, -0.1) is 0 Å². The predicted octanol–water partition coefficient (Wildman–Crippen LogP) is 2.67. The third-order valence-electron chi connectivity index (χ3n) is 4.62. The number of nitro benzene ring substituents is 1. The van der Waals surface area contributed by atoms with Crippen molar-refractivity contribution in [3.63, 3.8) is 0 Å². The summed E-state index contributed by atoms with van der Waals surface area (Å²) < 4.78 is 10.3. The van der Waals surface area contributed by atoms with Crippen molar-refractivity contribution in [1.82, 2.24) is 4.90 Å². The molecular weight excluding hydrogens is 326 g/mol. The van der Waals surface area contributed by atoms with Crippen molar-refractivity contribution in [2.24, 2.45) is 0 Å². The molecule has 1 aliphatic rings. The zero-order chi connectivity index (χ0) is 18.4. The lowest BCUT2D eigenvalue weighted by Gasteiger charge is -2.38. The lowest BCUT2D eigenvalue weighted by atomic mass is 9.81. The van der Waals surface area contributed by atoms with Crippen LogP contribution >= 0.6 is 0 Å². The first-order valence-corrected chi connectivity index (χ1v) is 8.06. The van der Waals surface area contributed by atoms with E-state index < -0.39 is 10.5 Å². The van der Waals surface area contributed by atoms with Gasteiger partial charge in [-0.25, -0.2) is 0 Å². The summed E-state index contributed by atoms with van der Waals surface area (Å²) in [5.41, 5.74) is -1.09.